The molecule has 1 aromatic heterocycles. The lowest BCUT2D eigenvalue weighted by atomic mass is 10.1. The van der Waals surface area contributed by atoms with Gasteiger partial charge in [-0.3, -0.25) is 10.2 Å². The zero-order valence-corrected chi connectivity index (χ0v) is 12.7. The minimum atomic E-state index is -0.432. The first-order valence-electron chi connectivity index (χ1n) is 6.38. The number of carbonyl (C=O) groups excluding carboxylic acids is 1. The van der Waals surface area contributed by atoms with Crippen LogP contribution in [0.5, 0.6) is 0 Å². The van der Waals surface area contributed by atoms with Crippen LogP contribution in [0.1, 0.15) is 10.4 Å². The Labute approximate surface area is 135 Å². The highest BCUT2D eigenvalue weighted by Crippen LogP contribution is 2.19. The highest BCUT2D eigenvalue weighted by atomic mass is 35.5. The van der Waals surface area contributed by atoms with Crippen molar-refractivity contribution >= 4 is 45.8 Å². The van der Waals surface area contributed by atoms with E-state index in [1.54, 1.807) is 48.5 Å². The number of hydrogen-bond donors (Lipinski definition) is 2. The minimum absolute atomic E-state index is 0.129. The number of rotatable bonds is 2. The molecule has 0 spiro atoms. The number of halogens is 2. The van der Waals surface area contributed by atoms with E-state index >= 15 is 0 Å². The second kappa shape index (κ2) is 5.83. The molecule has 2 N–H and O–H groups in total. The van der Waals surface area contributed by atoms with Gasteiger partial charge in [-0.2, -0.15) is 0 Å². The van der Waals surface area contributed by atoms with Crippen molar-refractivity contribution in [3.8, 4) is 0 Å². The van der Waals surface area contributed by atoms with E-state index in [-0.39, 0.29) is 11.1 Å². The third-order valence-electron chi connectivity index (χ3n) is 3.08. The fraction of sp³-hybridized carbons (Fsp3) is 0. The van der Waals surface area contributed by atoms with Crippen molar-refractivity contribution in [2.24, 2.45) is 0 Å². The van der Waals surface area contributed by atoms with Crippen LogP contribution < -0.4 is 10.9 Å². The Bertz CT molecular complexity index is 918. The minimum Gasteiger partial charge on any atom is -0.438 e. The van der Waals surface area contributed by atoms with Crippen LogP contribution in [-0.4, -0.2) is 5.91 Å². The first kappa shape index (κ1) is 14.6. The van der Waals surface area contributed by atoms with Gasteiger partial charge in [0.1, 0.15) is 11.1 Å². The van der Waals surface area contributed by atoms with Gasteiger partial charge in [0, 0.05) is 21.1 Å². The molecule has 4 nitrogen and oxygen atoms in total. The fourth-order valence-electron chi connectivity index (χ4n) is 2.01. The second-order valence-corrected chi connectivity index (χ2v) is 5.51. The zero-order chi connectivity index (χ0) is 15.7. The van der Waals surface area contributed by atoms with Crippen molar-refractivity contribution < 1.29 is 9.21 Å². The van der Waals surface area contributed by atoms with Crippen molar-refractivity contribution in [3.05, 3.63) is 69.7 Å². The summed E-state index contributed by atoms with van der Waals surface area (Å²) in [4.78, 5) is 12.3. The number of fused-ring (bicyclic) bond motifs is 1. The van der Waals surface area contributed by atoms with Gasteiger partial charge in [0.2, 0.25) is 5.55 Å². The predicted octanol–water partition coefficient (Wildman–Crippen LogP) is 4.47. The summed E-state index contributed by atoms with van der Waals surface area (Å²) in [5, 5.41) is 12.3. The van der Waals surface area contributed by atoms with E-state index < -0.39 is 5.91 Å². The van der Waals surface area contributed by atoms with Gasteiger partial charge in [0.15, 0.2) is 0 Å². The summed E-state index contributed by atoms with van der Waals surface area (Å²) >= 11 is 11.7. The summed E-state index contributed by atoms with van der Waals surface area (Å²) in [6, 6.07) is 13.3. The number of amides is 1. The van der Waals surface area contributed by atoms with Crippen LogP contribution in [0.2, 0.25) is 10.0 Å². The van der Waals surface area contributed by atoms with Gasteiger partial charge < -0.3 is 9.73 Å². The number of carbonyl (C=O) groups is 1. The molecule has 1 amide bonds. The second-order valence-electron chi connectivity index (χ2n) is 4.63. The Morgan fingerprint density at radius 2 is 1.68 bits per heavy atom. The summed E-state index contributed by atoms with van der Waals surface area (Å²) < 4.78 is 5.35. The normalized spacial score (nSPS) is 10.6. The van der Waals surface area contributed by atoms with Crippen molar-refractivity contribution in [1.82, 2.24) is 0 Å². The average Bonchev–Trinajstić information content (AvgIpc) is 2.49. The topological polar surface area (TPSA) is 66.1 Å². The molecule has 0 atom stereocenters. The third-order valence-corrected chi connectivity index (χ3v) is 3.56. The maximum atomic E-state index is 12.3. The van der Waals surface area contributed by atoms with Crippen LogP contribution in [0.25, 0.3) is 11.0 Å². The largest absolute Gasteiger partial charge is 0.438 e. The van der Waals surface area contributed by atoms with Gasteiger partial charge in [-0.25, -0.2) is 0 Å². The molecule has 1 heterocycles. The monoisotopic (exact) mass is 332 g/mol. The molecule has 0 bridgehead atoms. The van der Waals surface area contributed by atoms with Gasteiger partial charge >= 0.3 is 0 Å². The molecule has 0 radical (unpaired) electrons. The maximum Gasteiger partial charge on any atom is 0.261 e. The number of nitrogens with one attached hydrogen (secondary N) is 2. The molecular weight excluding hydrogens is 323 g/mol. The molecule has 2 aromatic carbocycles. The molecule has 0 saturated heterocycles. The summed E-state index contributed by atoms with van der Waals surface area (Å²) in [6.45, 7) is 0. The molecule has 110 valence electrons. The van der Waals surface area contributed by atoms with Gasteiger partial charge in [0.05, 0.1) is 0 Å². The van der Waals surface area contributed by atoms with Crippen LogP contribution in [0.3, 0.4) is 0 Å². The Morgan fingerprint density at radius 3 is 2.41 bits per heavy atom. The maximum absolute atomic E-state index is 12.3. The van der Waals surface area contributed by atoms with Gasteiger partial charge in [-0.05, 0) is 48.5 Å². The Hall–Kier alpha value is -2.30. The lowest BCUT2D eigenvalue weighted by Gasteiger charge is -2.06. The van der Waals surface area contributed by atoms with Gasteiger partial charge in [-0.1, -0.05) is 23.2 Å². The first-order valence-corrected chi connectivity index (χ1v) is 7.13. The van der Waals surface area contributed by atoms with E-state index in [0.29, 0.717) is 26.7 Å². The van der Waals surface area contributed by atoms with Crippen LogP contribution >= 0.6 is 23.2 Å². The quantitative estimate of drug-likeness (QED) is 0.726. The first-order chi connectivity index (χ1) is 10.5. The van der Waals surface area contributed by atoms with Crippen molar-refractivity contribution in [3.63, 3.8) is 0 Å². The molecular formula is C16H10Cl2N2O2. The van der Waals surface area contributed by atoms with Gasteiger partial charge in [-0.15, -0.1) is 0 Å². The lowest BCUT2D eigenvalue weighted by molar-refractivity contribution is 0.102. The molecule has 3 rings (SSSR count). The molecule has 0 saturated carbocycles. The molecule has 3 aromatic rings. The molecule has 0 aliphatic rings. The highest BCUT2D eigenvalue weighted by Gasteiger charge is 2.12. The van der Waals surface area contributed by atoms with E-state index in [1.165, 1.54) is 0 Å². The van der Waals surface area contributed by atoms with Crippen molar-refractivity contribution in [2.75, 3.05) is 5.32 Å². The standard InChI is InChI=1S/C16H10Cl2N2O2/c17-10-1-4-12(5-2-10)20-16(21)13-8-9-7-11(18)3-6-14(9)22-15(13)19/h1-8,19H,(H,20,21). The fourth-order valence-corrected chi connectivity index (χ4v) is 2.32. The van der Waals surface area contributed by atoms with Crippen LogP contribution in [0.4, 0.5) is 5.69 Å². The van der Waals surface area contributed by atoms with Crippen LogP contribution in [0, 0.1) is 5.41 Å². The number of benzene rings is 2. The average molecular weight is 333 g/mol. The summed E-state index contributed by atoms with van der Waals surface area (Å²) in [5.41, 5.74) is 1.00. The van der Waals surface area contributed by atoms with Crippen molar-refractivity contribution in [2.45, 2.75) is 0 Å². The zero-order valence-electron chi connectivity index (χ0n) is 11.2. The van der Waals surface area contributed by atoms with Gasteiger partial charge in [0.25, 0.3) is 5.91 Å². The van der Waals surface area contributed by atoms with E-state index in [4.69, 9.17) is 33.0 Å². The smallest absolute Gasteiger partial charge is 0.261 e. The predicted molar refractivity (Wildman–Crippen MR) is 86.5 cm³/mol. The van der Waals surface area contributed by atoms with Crippen LogP contribution in [-0.2, 0) is 0 Å². The Morgan fingerprint density at radius 1 is 1.00 bits per heavy atom. The van der Waals surface area contributed by atoms with E-state index in [1.807, 2.05) is 0 Å². The van der Waals surface area contributed by atoms with E-state index in [2.05, 4.69) is 5.32 Å². The molecule has 0 aliphatic heterocycles. The van der Waals surface area contributed by atoms with Crippen LogP contribution in [0.15, 0.2) is 52.9 Å². The summed E-state index contributed by atoms with van der Waals surface area (Å²) in [5.74, 6) is -0.432. The van der Waals surface area contributed by atoms with E-state index in [0.717, 1.165) is 0 Å². The SMILES string of the molecule is N=c1oc2ccc(Cl)cc2cc1C(=O)Nc1ccc(Cl)cc1. The van der Waals surface area contributed by atoms with E-state index in [9.17, 15) is 4.79 Å². The number of anilines is 1. The molecule has 22 heavy (non-hydrogen) atoms. The molecule has 6 heteroatoms. The molecule has 0 fully saturated rings. The summed E-state index contributed by atoms with van der Waals surface area (Å²) in [7, 11) is 0. The third kappa shape index (κ3) is 2.98. The number of hydrogen-bond acceptors (Lipinski definition) is 3. The Kier molecular flexibility index (Phi) is 3.88. The molecule has 0 unspecified atom stereocenters. The Balaban J connectivity index is 1.98. The van der Waals surface area contributed by atoms with Crippen molar-refractivity contribution in [1.29, 1.82) is 5.41 Å². The lowest BCUT2D eigenvalue weighted by Crippen LogP contribution is -2.20. The summed E-state index contributed by atoms with van der Waals surface area (Å²) in [6.07, 6.45) is 0. The molecule has 0 aliphatic carbocycles. The highest BCUT2D eigenvalue weighted by molar-refractivity contribution is 6.31.